The summed E-state index contributed by atoms with van der Waals surface area (Å²) < 4.78 is 5.41. The zero-order chi connectivity index (χ0) is 10.6. The predicted octanol–water partition coefficient (Wildman–Crippen LogP) is 1.94. The molecule has 0 saturated carbocycles. The highest BCUT2D eigenvalue weighted by Crippen LogP contribution is 1.92. The van der Waals surface area contributed by atoms with Crippen molar-refractivity contribution in [1.82, 2.24) is 5.32 Å². The summed E-state index contributed by atoms with van der Waals surface area (Å²) in [5, 5.41) is 11.6. The lowest BCUT2D eigenvalue weighted by molar-refractivity contribution is 0.112. The molecule has 3 heteroatoms. The summed E-state index contributed by atoms with van der Waals surface area (Å²) >= 11 is 0. The van der Waals surface area contributed by atoms with Crippen molar-refractivity contribution in [3.63, 3.8) is 0 Å². The second-order valence-corrected chi connectivity index (χ2v) is 3.83. The summed E-state index contributed by atoms with van der Waals surface area (Å²) in [6.45, 7) is 7.84. The molecule has 0 aliphatic carbocycles. The highest BCUT2D eigenvalue weighted by molar-refractivity contribution is 4.68. The molecular weight excluding hydrogens is 176 g/mol. The molecule has 14 heavy (non-hydrogen) atoms. The summed E-state index contributed by atoms with van der Waals surface area (Å²) in [6.07, 6.45) is 2.75. The minimum absolute atomic E-state index is 0.616. The van der Waals surface area contributed by atoms with Gasteiger partial charge in [0.1, 0.15) is 0 Å². The van der Waals surface area contributed by atoms with Gasteiger partial charge >= 0.3 is 0 Å². The first-order chi connectivity index (χ1) is 6.77. The molecule has 0 radical (unpaired) electrons. The predicted molar refractivity (Wildman–Crippen MR) is 58.0 cm³/mol. The molecule has 0 aliphatic rings. The van der Waals surface area contributed by atoms with E-state index in [-0.39, 0.29) is 0 Å². The third-order valence-electron chi connectivity index (χ3n) is 1.77. The number of hydrogen-bond donors (Lipinski definition) is 1. The van der Waals surface area contributed by atoms with Gasteiger partial charge in [0, 0.05) is 19.6 Å². The third kappa shape index (κ3) is 11.4. The van der Waals surface area contributed by atoms with E-state index in [1.165, 1.54) is 0 Å². The first kappa shape index (κ1) is 13.4. The molecule has 0 aromatic heterocycles. The number of rotatable bonds is 9. The van der Waals surface area contributed by atoms with Gasteiger partial charge in [-0.3, -0.25) is 0 Å². The van der Waals surface area contributed by atoms with Crippen LogP contribution in [0, 0.1) is 17.2 Å². The lowest BCUT2D eigenvalue weighted by Crippen LogP contribution is -2.21. The fourth-order valence-electron chi connectivity index (χ4n) is 1.04. The van der Waals surface area contributed by atoms with Gasteiger partial charge in [0.25, 0.3) is 0 Å². The second kappa shape index (κ2) is 10.5. The van der Waals surface area contributed by atoms with E-state index in [1.54, 1.807) is 0 Å². The van der Waals surface area contributed by atoms with Crippen LogP contribution in [-0.2, 0) is 4.74 Å². The van der Waals surface area contributed by atoms with Gasteiger partial charge in [-0.1, -0.05) is 13.8 Å². The van der Waals surface area contributed by atoms with Gasteiger partial charge in [-0.25, -0.2) is 0 Å². The van der Waals surface area contributed by atoms with Crippen LogP contribution in [0.15, 0.2) is 0 Å². The van der Waals surface area contributed by atoms with Crippen LogP contribution in [0.2, 0.25) is 0 Å². The molecule has 1 N–H and O–H groups in total. The van der Waals surface area contributed by atoms with Crippen LogP contribution in [0.3, 0.4) is 0 Å². The zero-order valence-corrected chi connectivity index (χ0v) is 9.38. The zero-order valence-electron chi connectivity index (χ0n) is 9.38. The smallest absolute Gasteiger partial charge is 0.0621 e. The van der Waals surface area contributed by atoms with Gasteiger partial charge in [0.15, 0.2) is 0 Å². The van der Waals surface area contributed by atoms with Crippen LogP contribution in [0.1, 0.15) is 33.1 Å². The van der Waals surface area contributed by atoms with Gasteiger partial charge in [-0.15, -0.1) is 0 Å². The first-order valence-corrected chi connectivity index (χ1v) is 5.42. The highest BCUT2D eigenvalue weighted by atomic mass is 16.5. The summed E-state index contributed by atoms with van der Waals surface area (Å²) in [7, 11) is 0. The van der Waals surface area contributed by atoms with E-state index >= 15 is 0 Å². The van der Waals surface area contributed by atoms with E-state index in [4.69, 9.17) is 10.00 Å². The Balaban J connectivity index is 2.89. The van der Waals surface area contributed by atoms with E-state index in [0.29, 0.717) is 12.3 Å². The van der Waals surface area contributed by atoms with Crippen molar-refractivity contribution in [2.75, 3.05) is 26.3 Å². The van der Waals surface area contributed by atoms with E-state index in [1.807, 2.05) is 0 Å². The maximum absolute atomic E-state index is 8.30. The number of unbranched alkanes of at least 4 members (excludes halogenated alkanes) is 2. The van der Waals surface area contributed by atoms with Crippen molar-refractivity contribution in [2.45, 2.75) is 33.1 Å². The lowest BCUT2D eigenvalue weighted by atomic mass is 10.2. The average molecular weight is 198 g/mol. The maximum atomic E-state index is 8.30. The van der Waals surface area contributed by atoms with Crippen LogP contribution < -0.4 is 5.32 Å². The molecule has 0 aromatic carbocycles. The van der Waals surface area contributed by atoms with E-state index < -0.39 is 0 Å². The number of nitriles is 1. The van der Waals surface area contributed by atoms with Crippen molar-refractivity contribution in [1.29, 1.82) is 5.26 Å². The number of ether oxygens (including phenoxy) is 1. The maximum Gasteiger partial charge on any atom is 0.0621 e. The first-order valence-electron chi connectivity index (χ1n) is 5.42. The summed E-state index contributed by atoms with van der Waals surface area (Å²) in [4.78, 5) is 0. The molecule has 0 spiro atoms. The van der Waals surface area contributed by atoms with Crippen molar-refractivity contribution in [3.05, 3.63) is 0 Å². The van der Waals surface area contributed by atoms with Crippen molar-refractivity contribution < 1.29 is 4.74 Å². The van der Waals surface area contributed by atoms with Crippen molar-refractivity contribution in [2.24, 2.45) is 5.92 Å². The fraction of sp³-hybridized carbons (Fsp3) is 0.909. The molecule has 0 heterocycles. The van der Waals surface area contributed by atoms with Crippen LogP contribution in [0.4, 0.5) is 0 Å². The molecule has 3 nitrogen and oxygen atoms in total. The quantitative estimate of drug-likeness (QED) is 0.576. The van der Waals surface area contributed by atoms with Crippen molar-refractivity contribution >= 4 is 0 Å². The Bertz CT molecular complexity index is 152. The van der Waals surface area contributed by atoms with Gasteiger partial charge in [-0.05, 0) is 25.3 Å². The molecule has 0 unspecified atom stereocenters. The average Bonchev–Trinajstić information content (AvgIpc) is 2.15. The minimum Gasteiger partial charge on any atom is -0.380 e. The molecule has 0 rings (SSSR count). The molecule has 0 bridgehead atoms. The Kier molecular flexibility index (Phi) is 10.0. The molecule has 0 amide bonds. The van der Waals surface area contributed by atoms with Gasteiger partial charge in [0.2, 0.25) is 0 Å². The Morgan fingerprint density at radius 2 is 2.07 bits per heavy atom. The molecule has 0 atom stereocenters. The SMILES string of the molecule is CC(C)COCCNCCCCC#N. The van der Waals surface area contributed by atoms with Crippen LogP contribution in [0.5, 0.6) is 0 Å². The van der Waals surface area contributed by atoms with Crippen LogP contribution >= 0.6 is 0 Å². The van der Waals surface area contributed by atoms with E-state index in [0.717, 1.165) is 39.1 Å². The van der Waals surface area contributed by atoms with E-state index in [2.05, 4.69) is 25.2 Å². The fourth-order valence-corrected chi connectivity index (χ4v) is 1.04. The Morgan fingerprint density at radius 3 is 2.71 bits per heavy atom. The van der Waals surface area contributed by atoms with E-state index in [9.17, 15) is 0 Å². The van der Waals surface area contributed by atoms with Crippen molar-refractivity contribution in [3.8, 4) is 6.07 Å². The number of nitrogens with one attached hydrogen (secondary N) is 1. The van der Waals surface area contributed by atoms with Gasteiger partial charge < -0.3 is 10.1 Å². The normalized spacial score (nSPS) is 10.4. The van der Waals surface area contributed by atoms with Crippen LogP contribution in [0.25, 0.3) is 0 Å². The topological polar surface area (TPSA) is 45.0 Å². The minimum atomic E-state index is 0.616. The molecule has 0 aromatic rings. The molecule has 82 valence electrons. The third-order valence-corrected chi connectivity index (χ3v) is 1.77. The largest absolute Gasteiger partial charge is 0.380 e. The monoisotopic (exact) mass is 198 g/mol. The summed E-state index contributed by atoms with van der Waals surface area (Å²) in [5.41, 5.74) is 0. The second-order valence-electron chi connectivity index (χ2n) is 3.83. The van der Waals surface area contributed by atoms with Crippen LogP contribution in [-0.4, -0.2) is 26.3 Å². The lowest BCUT2D eigenvalue weighted by Gasteiger charge is -2.07. The molecule has 0 fully saturated rings. The Morgan fingerprint density at radius 1 is 1.29 bits per heavy atom. The molecule has 0 saturated heterocycles. The Labute approximate surface area is 87.4 Å². The number of hydrogen-bond acceptors (Lipinski definition) is 3. The van der Waals surface area contributed by atoms with Gasteiger partial charge in [0.05, 0.1) is 12.7 Å². The molecule has 0 aliphatic heterocycles. The summed E-state index contributed by atoms with van der Waals surface area (Å²) in [5.74, 6) is 0.616. The highest BCUT2D eigenvalue weighted by Gasteiger charge is 1.93. The van der Waals surface area contributed by atoms with Gasteiger partial charge in [-0.2, -0.15) is 5.26 Å². The Hall–Kier alpha value is -0.590. The summed E-state index contributed by atoms with van der Waals surface area (Å²) in [6, 6.07) is 2.14. The number of nitrogens with zero attached hydrogens (tertiary/aromatic N) is 1. The molecular formula is C11H22N2O. The standard InChI is InChI=1S/C11H22N2O/c1-11(2)10-14-9-8-13-7-5-3-4-6-12/h11,13H,3-5,7-10H2,1-2H3.